The van der Waals surface area contributed by atoms with Gasteiger partial charge in [-0.05, 0) is 66.4 Å². The highest BCUT2D eigenvalue weighted by atomic mass is 35.5. The van der Waals surface area contributed by atoms with Crippen LogP contribution in [0.25, 0.3) is 17.1 Å². The van der Waals surface area contributed by atoms with Crippen LogP contribution < -0.4 is 11.1 Å². The van der Waals surface area contributed by atoms with Crippen LogP contribution in [0.1, 0.15) is 35.3 Å². The zero-order chi connectivity index (χ0) is 26.5. The van der Waals surface area contributed by atoms with Gasteiger partial charge < -0.3 is 11.1 Å². The van der Waals surface area contributed by atoms with E-state index < -0.39 is 5.91 Å². The van der Waals surface area contributed by atoms with Gasteiger partial charge in [-0.3, -0.25) is 14.2 Å². The van der Waals surface area contributed by atoms with Crippen LogP contribution in [0.4, 0.5) is 5.69 Å². The Kier molecular flexibility index (Phi) is 8.53. The van der Waals surface area contributed by atoms with Crippen molar-refractivity contribution in [3.8, 4) is 17.1 Å². The Labute approximate surface area is 229 Å². The van der Waals surface area contributed by atoms with Gasteiger partial charge in [0.1, 0.15) is 0 Å². The summed E-state index contributed by atoms with van der Waals surface area (Å²) in [5.74, 6) is -0.0814. The molecule has 37 heavy (non-hydrogen) atoms. The number of thioether (sulfide) groups is 1. The van der Waals surface area contributed by atoms with Crippen molar-refractivity contribution in [2.45, 2.75) is 31.8 Å². The number of carbonyl (C=O) groups is 2. The van der Waals surface area contributed by atoms with Crippen molar-refractivity contribution in [2.24, 2.45) is 5.73 Å². The summed E-state index contributed by atoms with van der Waals surface area (Å²) in [6.45, 7) is 4.20. The van der Waals surface area contributed by atoms with Crippen molar-refractivity contribution >= 4 is 52.5 Å². The zero-order valence-electron chi connectivity index (χ0n) is 20.3. The summed E-state index contributed by atoms with van der Waals surface area (Å²) in [5.41, 5.74) is 10.2. The van der Waals surface area contributed by atoms with Gasteiger partial charge >= 0.3 is 0 Å². The van der Waals surface area contributed by atoms with Gasteiger partial charge in [0, 0.05) is 21.8 Å². The Morgan fingerprint density at radius 2 is 1.65 bits per heavy atom. The SMILES string of the molecule is CCc1cccc(CC)c1-n1c(SCC(=O)Nc2ccc(C(N)=O)cc2)nnc1-c1ccc(Cl)cc1Cl. The third-order valence-electron chi connectivity index (χ3n) is 5.78. The van der Waals surface area contributed by atoms with Crippen molar-refractivity contribution in [3.05, 3.63) is 87.4 Å². The third-order valence-corrected chi connectivity index (χ3v) is 7.26. The molecule has 1 heterocycles. The molecule has 0 spiro atoms. The Hall–Kier alpha value is -3.33. The maximum atomic E-state index is 12.8. The molecular formula is C27H25Cl2N5O2S. The second-order valence-electron chi connectivity index (χ2n) is 8.18. The number of aromatic nitrogens is 3. The molecule has 2 amide bonds. The molecule has 0 bridgehead atoms. The Bertz CT molecular complexity index is 1430. The van der Waals surface area contributed by atoms with Gasteiger partial charge in [-0.2, -0.15) is 0 Å². The van der Waals surface area contributed by atoms with E-state index in [1.165, 1.54) is 11.8 Å². The fourth-order valence-corrected chi connectivity index (χ4v) is 5.19. The number of anilines is 1. The molecule has 7 nitrogen and oxygen atoms in total. The first-order valence-electron chi connectivity index (χ1n) is 11.7. The summed E-state index contributed by atoms with van der Waals surface area (Å²) in [6.07, 6.45) is 1.61. The quantitative estimate of drug-likeness (QED) is 0.240. The molecule has 1 aromatic heterocycles. The lowest BCUT2D eigenvalue weighted by molar-refractivity contribution is -0.113. The smallest absolute Gasteiger partial charge is 0.248 e. The van der Waals surface area contributed by atoms with E-state index in [2.05, 4.69) is 41.5 Å². The molecule has 0 aliphatic carbocycles. The van der Waals surface area contributed by atoms with Crippen LogP contribution >= 0.6 is 35.0 Å². The van der Waals surface area contributed by atoms with E-state index in [1.807, 2.05) is 16.7 Å². The van der Waals surface area contributed by atoms with Crippen LogP contribution in [0.15, 0.2) is 65.8 Å². The molecule has 0 saturated heterocycles. The summed E-state index contributed by atoms with van der Waals surface area (Å²) in [7, 11) is 0. The van der Waals surface area contributed by atoms with Gasteiger partial charge in [0.2, 0.25) is 11.8 Å². The molecule has 0 aliphatic heterocycles. The lowest BCUT2D eigenvalue weighted by Crippen LogP contribution is -2.15. The summed E-state index contributed by atoms with van der Waals surface area (Å²) in [5, 5.41) is 13.3. The highest BCUT2D eigenvalue weighted by Gasteiger charge is 2.22. The summed E-state index contributed by atoms with van der Waals surface area (Å²) in [6, 6.07) is 17.9. The van der Waals surface area contributed by atoms with E-state index in [-0.39, 0.29) is 11.7 Å². The number of nitrogens with one attached hydrogen (secondary N) is 1. The van der Waals surface area contributed by atoms with Gasteiger partial charge in [0.15, 0.2) is 11.0 Å². The molecular weight excluding hydrogens is 529 g/mol. The van der Waals surface area contributed by atoms with Crippen LogP contribution in [-0.4, -0.2) is 32.3 Å². The molecule has 0 atom stereocenters. The number of rotatable bonds is 9. The highest BCUT2D eigenvalue weighted by molar-refractivity contribution is 7.99. The number of amides is 2. The highest BCUT2D eigenvalue weighted by Crippen LogP contribution is 2.36. The summed E-state index contributed by atoms with van der Waals surface area (Å²) >= 11 is 14.0. The molecule has 3 aromatic carbocycles. The average Bonchev–Trinajstić information content (AvgIpc) is 3.30. The molecule has 10 heteroatoms. The molecule has 4 rings (SSSR count). The predicted octanol–water partition coefficient (Wildman–Crippen LogP) is 6.20. The van der Waals surface area contributed by atoms with Crippen molar-refractivity contribution in [1.29, 1.82) is 0 Å². The third kappa shape index (κ3) is 5.98. The number of nitrogens with two attached hydrogens (primary N) is 1. The molecule has 0 saturated carbocycles. The number of halogens is 2. The number of carbonyl (C=O) groups excluding carboxylic acids is 2. The number of nitrogens with zero attached hydrogens (tertiary/aromatic N) is 3. The average molecular weight is 555 g/mol. The fraction of sp³-hybridized carbons (Fsp3) is 0.185. The molecule has 0 radical (unpaired) electrons. The predicted molar refractivity (Wildman–Crippen MR) is 150 cm³/mol. The molecule has 0 fully saturated rings. The maximum absolute atomic E-state index is 12.8. The van der Waals surface area contributed by atoms with E-state index >= 15 is 0 Å². The largest absolute Gasteiger partial charge is 0.366 e. The van der Waals surface area contributed by atoms with Crippen LogP contribution in [0.5, 0.6) is 0 Å². The van der Waals surface area contributed by atoms with E-state index in [9.17, 15) is 9.59 Å². The van der Waals surface area contributed by atoms with E-state index in [4.69, 9.17) is 28.9 Å². The molecule has 190 valence electrons. The Balaban J connectivity index is 1.69. The number of hydrogen-bond acceptors (Lipinski definition) is 5. The van der Waals surface area contributed by atoms with Crippen LogP contribution in [0, 0.1) is 0 Å². The van der Waals surface area contributed by atoms with Gasteiger partial charge in [0.05, 0.1) is 16.5 Å². The standard InChI is InChI=1S/C27H25Cl2N5O2S/c1-3-16-6-5-7-17(4-2)24(16)34-26(21-13-10-19(28)14-22(21)29)32-33-27(34)37-15-23(35)31-20-11-8-18(9-12-20)25(30)36/h5-14H,3-4,15H2,1-2H3,(H2,30,36)(H,31,35). The minimum absolute atomic E-state index is 0.0970. The first-order valence-corrected chi connectivity index (χ1v) is 13.4. The monoisotopic (exact) mass is 553 g/mol. The number of benzene rings is 3. The van der Waals surface area contributed by atoms with Crippen molar-refractivity contribution in [1.82, 2.24) is 14.8 Å². The van der Waals surface area contributed by atoms with E-state index in [1.54, 1.807) is 36.4 Å². The number of para-hydroxylation sites is 1. The molecule has 3 N–H and O–H groups in total. The minimum atomic E-state index is -0.525. The lowest BCUT2D eigenvalue weighted by atomic mass is 10.0. The normalized spacial score (nSPS) is 10.9. The number of primary amides is 1. The fourth-order valence-electron chi connectivity index (χ4n) is 3.96. The Morgan fingerprint density at radius 3 is 2.24 bits per heavy atom. The summed E-state index contributed by atoms with van der Waals surface area (Å²) in [4.78, 5) is 24.0. The first kappa shape index (κ1) is 26.7. The van der Waals surface area contributed by atoms with Crippen molar-refractivity contribution in [2.75, 3.05) is 11.1 Å². The second kappa shape index (κ2) is 11.8. The lowest BCUT2D eigenvalue weighted by Gasteiger charge is -2.18. The van der Waals surface area contributed by atoms with Gasteiger partial charge in [-0.15, -0.1) is 10.2 Å². The maximum Gasteiger partial charge on any atom is 0.248 e. The van der Waals surface area contributed by atoms with Gasteiger partial charge in [0.25, 0.3) is 0 Å². The summed E-state index contributed by atoms with van der Waals surface area (Å²) < 4.78 is 1.98. The van der Waals surface area contributed by atoms with E-state index in [0.717, 1.165) is 29.7 Å². The second-order valence-corrected chi connectivity index (χ2v) is 9.96. The van der Waals surface area contributed by atoms with Crippen LogP contribution in [-0.2, 0) is 17.6 Å². The van der Waals surface area contributed by atoms with Crippen LogP contribution in [0.3, 0.4) is 0 Å². The molecule has 4 aromatic rings. The molecule has 0 unspecified atom stereocenters. The minimum Gasteiger partial charge on any atom is -0.366 e. The number of aryl methyl sites for hydroxylation is 2. The van der Waals surface area contributed by atoms with Gasteiger partial charge in [-0.1, -0.05) is 67.0 Å². The van der Waals surface area contributed by atoms with Crippen molar-refractivity contribution in [3.63, 3.8) is 0 Å². The van der Waals surface area contributed by atoms with E-state index in [0.29, 0.717) is 37.8 Å². The zero-order valence-corrected chi connectivity index (χ0v) is 22.6. The Morgan fingerprint density at radius 1 is 0.973 bits per heavy atom. The molecule has 0 aliphatic rings. The first-order chi connectivity index (χ1) is 17.8. The van der Waals surface area contributed by atoms with Crippen LogP contribution in [0.2, 0.25) is 10.0 Å². The van der Waals surface area contributed by atoms with Crippen molar-refractivity contribution < 1.29 is 9.59 Å². The number of hydrogen-bond donors (Lipinski definition) is 2. The topological polar surface area (TPSA) is 103 Å². The van der Waals surface area contributed by atoms with Gasteiger partial charge in [-0.25, -0.2) is 0 Å².